The van der Waals surface area contributed by atoms with Crippen molar-refractivity contribution in [2.75, 3.05) is 0 Å². The number of pyridine rings is 4. The second-order valence-electron chi connectivity index (χ2n) is 5.92. The van der Waals surface area contributed by atoms with Gasteiger partial charge in [-0.05, 0) is 38.1 Å². The highest BCUT2D eigenvalue weighted by atomic mass is 35.5. The number of aromatic nitrogens is 4. The number of halogens is 2. The van der Waals surface area contributed by atoms with E-state index in [9.17, 15) is 20.0 Å². The number of aryl methyl sites for hydroxylation is 2. The van der Waals surface area contributed by atoms with Crippen LogP contribution in [0.2, 0.25) is 10.0 Å². The van der Waals surface area contributed by atoms with Crippen LogP contribution in [0.4, 0.5) is 0 Å². The van der Waals surface area contributed by atoms with E-state index in [0.29, 0.717) is 41.7 Å². The van der Waals surface area contributed by atoms with Gasteiger partial charge in [-0.2, -0.15) is 9.46 Å². The van der Waals surface area contributed by atoms with Gasteiger partial charge in [0.15, 0.2) is 0 Å². The molecule has 0 aliphatic carbocycles. The fraction of sp³-hybridized carbons (Fsp3) is 0.111. The maximum Gasteiger partial charge on any atom is 0.309 e. The largest absolute Gasteiger partial charge is 0.425 e. The summed E-state index contributed by atoms with van der Waals surface area (Å²) in [5, 5.41) is 20.7. The van der Waals surface area contributed by atoms with Crippen LogP contribution in [0, 0.1) is 13.8 Å². The lowest BCUT2D eigenvalue weighted by atomic mass is 10.2. The second-order valence-corrected chi connectivity index (χ2v) is 6.73. The summed E-state index contributed by atoms with van der Waals surface area (Å²) in [4.78, 5) is 30.7. The van der Waals surface area contributed by atoms with Crippen molar-refractivity contribution in [1.29, 1.82) is 0 Å². The van der Waals surface area contributed by atoms with Crippen molar-refractivity contribution in [3.8, 4) is 0 Å². The summed E-state index contributed by atoms with van der Waals surface area (Å²) in [5.41, 5.74) is 0.0935. The Morgan fingerprint density at radius 3 is 1.50 bits per heavy atom. The Labute approximate surface area is 167 Å². The first kappa shape index (κ1) is 19.7. The zero-order chi connectivity index (χ0) is 20.6. The van der Waals surface area contributed by atoms with Gasteiger partial charge in [0.05, 0.1) is 21.4 Å². The van der Waals surface area contributed by atoms with Crippen molar-refractivity contribution < 1.29 is 10.4 Å². The molecule has 10 heteroatoms. The maximum absolute atomic E-state index is 11.5. The number of fused-ring (bicyclic) bond motifs is 2. The molecule has 4 heterocycles. The molecule has 0 bridgehead atoms. The van der Waals surface area contributed by atoms with Crippen molar-refractivity contribution in [2.24, 2.45) is 0 Å². The van der Waals surface area contributed by atoms with Crippen LogP contribution in [-0.2, 0) is 0 Å². The van der Waals surface area contributed by atoms with E-state index in [1.807, 2.05) is 0 Å². The Morgan fingerprint density at radius 1 is 0.786 bits per heavy atom. The van der Waals surface area contributed by atoms with E-state index < -0.39 is 11.1 Å². The SMILES string of the molecule is Cc1cc2c(Cl)ccnc2c(=O)n1O.Cc1cc2c(Cl)ccnc2c(=O)n1O. The minimum absolute atomic E-state index is 0.172. The molecule has 144 valence electrons. The quantitative estimate of drug-likeness (QED) is 0.422. The highest BCUT2D eigenvalue weighted by Gasteiger charge is 2.09. The lowest BCUT2D eigenvalue weighted by Crippen LogP contribution is -2.20. The molecule has 0 amide bonds. The molecule has 28 heavy (non-hydrogen) atoms. The predicted octanol–water partition coefficient (Wildman–Crippen LogP) is 3.19. The topological polar surface area (TPSA) is 110 Å². The molecule has 4 rings (SSSR count). The number of hydrogen-bond donors (Lipinski definition) is 2. The average molecular weight is 421 g/mol. The summed E-state index contributed by atoms with van der Waals surface area (Å²) < 4.78 is 1.12. The summed E-state index contributed by atoms with van der Waals surface area (Å²) >= 11 is 11.8. The van der Waals surface area contributed by atoms with Gasteiger partial charge in [-0.15, -0.1) is 0 Å². The highest BCUT2D eigenvalue weighted by Crippen LogP contribution is 2.20. The van der Waals surface area contributed by atoms with Crippen molar-refractivity contribution in [3.63, 3.8) is 0 Å². The molecule has 4 aromatic rings. The molecule has 0 unspecified atom stereocenters. The number of rotatable bonds is 0. The number of nitrogens with zero attached hydrogens (tertiary/aromatic N) is 4. The first-order valence-corrected chi connectivity index (χ1v) is 8.70. The molecule has 0 aliphatic rings. The van der Waals surface area contributed by atoms with Gasteiger partial charge in [-0.25, -0.2) is 0 Å². The average Bonchev–Trinajstić information content (AvgIpc) is 2.67. The molecular formula is C18H14Cl2N4O4. The highest BCUT2D eigenvalue weighted by molar-refractivity contribution is 6.35. The Morgan fingerprint density at radius 2 is 1.14 bits per heavy atom. The van der Waals surface area contributed by atoms with Gasteiger partial charge < -0.3 is 10.4 Å². The Kier molecular flexibility index (Phi) is 5.26. The number of hydrogen-bond acceptors (Lipinski definition) is 6. The molecule has 8 nitrogen and oxygen atoms in total. The van der Waals surface area contributed by atoms with Crippen LogP contribution in [-0.4, -0.2) is 29.8 Å². The molecule has 0 atom stereocenters. The van der Waals surface area contributed by atoms with E-state index >= 15 is 0 Å². The van der Waals surface area contributed by atoms with Gasteiger partial charge in [0.1, 0.15) is 11.0 Å². The maximum atomic E-state index is 11.5. The zero-order valence-corrected chi connectivity index (χ0v) is 16.2. The summed E-state index contributed by atoms with van der Waals surface area (Å²) in [6.45, 7) is 3.23. The van der Waals surface area contributed by atoms with Crippen LogP contribution in [0.1, 0.15) is 11.4 Å². The first-order chi connectivity index (χ1) is 13.2. The molecule has 0 aliphatic heterocycles. The van der Waals surface area contributed by atoms with Crippen LogP contribution in [0.5, 0.6) is 0 Å². The van der Waals surface area contributed by atoms with Crippen LogP contribution >= 0.6 is 23.2 Å². The smallest absolute Gasteiger partial charge is 0.309 e. The van der Waals surface area contributed by atoms with E-state index in [4.69, 9.17) is 23.2 Å². The van der Waals surface area contributed by atoms with Crippen molar-refractivity contribution in [1.82, 2.24) is 19.4 Å². The third kappa shape index (κ3) is 3.39. The molecule has 0 fully saturated rings. The van der Waals surface area contributed by atoms with Gasteiger partial charge in [0, 0.05) is 23.2 Å². The van der Waals surface area contributed by atoms with Gasteiger partial charge >= 0.3 is 11.1 Å². The molecule has 0 spiro atoms. The lowest BCUT2D eigenvalue weighted by Gasteiger charge is -2.04. The molecule has 0 radical (unpaired) electrons. The Balaban J connectivity index is 0.000000161. The summed E-state index contributed by atoms with van der Waals surface area (Å²) in [6, 6.07) is 6.44. The van der Waals surface area contributed by atoms with Crippen LogP contribution < -0.4 is 11.1 Å². The molecule has 4 aromatic heterocycles. The Hall–Kier alpha value is -3.10. The first-order valence-electron chi connectivity index (χ1n) is 7.94. The van der Waals surface area contributed by atoms with Gasteiger partial charge in [0.25, 0.3) is 0 Å². The van der Waals surface area contributed by atoms with E-state index in [1.54, 1.807) is 38.1 Å². The normalized spacial score (nSPS) is 10.7. The van der Waals surface area contributed by atoms with Crippen LogP contribution in [0.15, 0.2) is 46.2 Å². The predicted molar refractivity (Wildman–Crippen MR) is 106 cm³/mol. The summed E-state index contributed by atoms with van der Waals surface area (Å²) in [5.74, 6) is 0. The molecule has 2 N–H and O–H groups in total. The molecule has 0 aromatic carbocycles. The van der Waals surface area contributed by atoms with Crippen molar-refractivity contribution in [2.45, 2.75) is 13.8 Å². The third-order valence-corrected chi connectivity index (χ3v) is 4.70. The van der Waals surface area contributed by atoms with Gasteiger partial charge in [-0.1, -0.05) is 23.2 Å². The third-order valence-electron chi connectivity index (χ3n) is 4.04. The summed E-state index contributed by atoms with van der Waals surface area (Å²) in [6.07, 6.45) is 2.86. The van der Waals surface area contributed by atoms with Gasteiger partial charge in [0.2, 0.25) is 0 Å². The Bertz CT molecular complexity index is 1230. The van der Waals surface area contributed by atoms with Crippen LogP contribution in [0.3, 0.4) is 0 Å². The second kappa shape index (κ2) is 7.49. The standard InChI is InChI=1S/2C9H7ClN2O2/c2*1-5-4-6-7(10)2-3-11-8(6)9(13)12(5)14/h2*2-4,14H,1H3. The minimum Gasteiger partial charge on any atom is -0.425 e. The summed E-state index contributed by atoms with van der Waals surface area (Å²) in [7, 11) is 0. The van der Waals surface area contributed by atoms with E-state index in [-0.39, 0.29) is 11.0 Å². The lowest BCUT2D eigenvalue weighted by molar-refractivity contribution is 0.169. The fourth-order valence-corrected chi connectivity index (χ4v) is 2.98. The monoisotopic (exact) mass is 420 g/mol. The van der Waals surface area contributed by atoms with Crippen molar-refractivity contribution >= 4 is 45.0 Å². The van der Waals surface area contributed by atoms with E-state index in [0.717, 1.165) is 0 Å². The molecule has 0 saturated carbocycles. The molecule has 0 saturated heterocycles. The molecular weight excluding hydrogens is 407 g/mol. The fourth-order valence-electron chi connectivity index (χ4n) is 2.58. The van der Waals surface area contributed by atoms with Gasteiger partial charge in [-0.3, -0.25) is 19.6 Å². The van der Waals surface area contributed by atoms with E-state index in [2.05, 4.69) is 9.97 Å². The van der Waals surface area contributed by atoms with E-state index in [1.165, 1.54) is 12.4 Å². The minimum atomic E-state index is -0.553. The van der Waals surface area contributed by atoms with Crippen LogP contribution in [0.25, 0.3) is 21.8 Å². The zero-order valence-electron chi connectivity index (χ0n) is 14.7. The van der Waals surface area contributed by atoms with Crippen molar-refractivity contribution in [3.05, 3.63) is 78.8 Å².